The maximum Gasteiger partial charge on any atom is 0.324 e. The maximum atomic E-state index is 12.2. The lowest BCUT2D eigenvalue weighted by molar-refractivity contribution is -0.144. The van der Waals surface area contributed by atoms with Gasteiger partial charge in [-0.3, -0.25) is 4.79 Å². The number of aliphatic carboxylic acids is 1. The number of aliphatic hydroxyl groups excluding tert-OH is 1. The van der Waals surface area contributed by atoms with Crippen LogP contribution in [0.3, 0.4) is 0 Å². The molecule has 19 heavy (non-hydrogen) atoms. The molecule has 0 aliphatic rings. The average molecular weight is 308 g/mol. The van der Waals surface area contributed by atoms with Crippen molar-refractivity contribution in [1.29, 1.82) is 0 Å². The van der Waals surface area contributed by atoms with Gasteiger partial charge in [0.2, 0.25) is 10.0 Å². The summed E-state index contributed by atoms with van der Waals surface area (Å²) in [6.07, 6.45) is -1.34. The van der Waals surface area contributed by atoms with Crippen molar-refractivity contribution in [2.75, 3.05) is 7.05 Å². The molecule has 0 fully saturated rings. The molecule has 0 aliphatic heterocycles. The number of carboxylic acids is 1. The van der Waals surface area contributed by atoms with E-state index in [0.29, 0.717) is 9.33 Å². The number of halogens is 1. The van der Waals surface area contributed by atoms with Gasteiger partial charge < -0.3 is 10.2 Å². The van der Waals surface area contributed by atoms with Crippen LogP contribution >= 0.6 is 11.6 Å². The molecule has 0 bridgehead atoms. The Kier molecular flexibility index (Phi) is 4.92. The third-order valence-electron chi connectivity index (χ3n) is 2.59. The van der Waals surface area contributed by atoms with Gasteiger partial charge in [-0.15, -0.1) is 0 Å². The minimum Gasteiger partial charge on any atom is -0.480 e. The Hall–Kier alpha value is -1.15. The van der Waals surface area contributed by atoms with Gasteiger partial charge in [0.05, 0.1) is 11.0 Å². The highest BCUT2D eigenvalue weighted by Gasteiger charge is 2.35. The van der Waals surface area contributed by atoms with E-state index in [0.717, 1.165) is 7.05 Å². The molecular formula is C11H14ClNO5S. The van der Waals surface area contributed by atoms with E-state index in [1.807, 2.05) is 0 Å². The third-order valence-corrected chi connectivity index (χ3v) is 4.70. The Morgan fingerprint density at radius 2 is 1.79 bits per heavy atom. The van der Waals surface area contributed by atoms with E-state index in [1.54, 1.807) is 0 Å². The van der Waals surface area contributed by atoms with Gasteiger partial charge in [-0.2, -0.15) is 4.31 Å². The summed E-state index contributed by atoms with van der Waals surface area (Å²) in [5, 5.41) is 18.7. The summed E-state index contributed by atoms with van der Waals surface area (Å²) in [7, 11) is -2.90. The highest BCUT2D eigenvalue weighted by molar-refractivity contribution is 7.89. The zero-order chi connectivity index (χ0) is 14.8. The van der Waals surface area contributed by atoms with E-state index >= 15 is 0 Å². The number of likely N-dealkylation sites (N-methyl/N-ethyl adjacent to an activating group) is 1. The Labute approximate surface area is 116 Å². The minimum atomic E-state index is -4.01. The average Bonchev–Trinajstić information content (AvgIpc) is 2.28. The number of aliphatic hydroxyl groups is 1. The van der Waals surface area contributed by atoms with Crippen molar-refractivity contribution in [2.24, 2.45) is 0 Å². The Morgan fingerprint density at radius 3 is 2.16 bits per heavy atom. The fourth-order valence-electron chi connectivity index (χ4n) is 1.59. The molecule has 0 heterocycles. The number of nitrogens with zero attached hydrogens (tertiary/aromatic N) is 1. The molecule has 0 aliphatic carbocycles. The van der Waals surface area contributed by atoms with Gasteiger partial charge in [-0.05, 0) is 31.2 Å². The first-order valence-electron chi connectivity index (χ1n) is 5.32. The number of hydrogen-bond donors (Lipinski definition) is 2. The number of benzene rings is 1. The molecule has 0 aromatic heterocycles. The van der Waals surface area contributed by atoms with Gasteiger partial charge in [0.1, 0.15) is 6.04 Å². The molecule has 106 valence electrons. The zero-order valence-electron chi connectivity index (χ0n) is 10.3. The van der Waals surface area contributed by atoms with E-state index in [9.17, 15) is 18.3 Å². The van der Waals surface area contributed by atoms with Crippen LogP contribution in [0, 0.1) is 0 Å². The number of carbonyl (C=O) groups is 1. The predicted octanol–water partition coefficient (Wildman–Crippen LogP) is 0.795. The molecule has 1 rings (SSSR count). The summed E-state index contributed by atoms with van der Waals surface area (Å²) in [4.78, 5) is 10.9. The smallest absolute Gasteiger partial charge is 0.324 e. The van der Waals surface area contributed by atoms with Crippen molar-refractivity contribution in [3.05, 3.63) is 29.3 Å². The van der Waals surface area contributed by atoms with E-state index in [2.05, 4.69) is 0 Å². The first kappa shape index (κ1) is 15.9. The van der Waals surface area contributed by atoms with Crippen LogP contribution in [0.5, 0.6) is 0 Å². The lowest BCUT2D eigenvalue weighted by Crippen LogP contribution is -2.48. The summed E-state index contributed by atoms with van der Waals surface area (Å²) in [5.74, 6) is -1.42. The van der Waals surface area contributed by atoms with Gasteiger partial charge in [-0.1, -0.05) is 11.6 Å². The molecule has 1 aromatic carbocycles. The lowest BCUT2D eigenvalue weighted by atomic mass is 10.2. The summed E-state index contributed by atoms with van der Waals surface area (Å²) in [5.41, 5.74) is 0. The number of carboxylic acid groups (broad SMARTS) is 1. The van der Waals surface area contributed by atoms with Gasteiger partial charge in [-0.25, -0.2) is 8.42 Å². The fraction of sp³-hybridized carbons (Fsp3) is 0.364. The topological polar surface area (TPSA) is 94.9 Å². The number of rotatable bonds is 5. The van der Waals surface area contributed by atoms with Crippen LogP contribution in [-0.4, -0.2) is 48.1 Å². The van der Waals surface area contributed by atoms with Crippen LogP contribution in [0.25, 0.3) is 0 Å². The van der Waals surface area contributed by atoms with Crippen LogP contribution in [0.2, 0.25) is 5.02 Å². The highest BCUT2D eigenvalue weighted by Crippen LogP contribution is 2.20. The molecule has 0 saturated heterocycles. The quantitative estimate of drug-likeness (QED) is 0.839. The van der Waals surface area contributed by atoms with Crippen molar-refractivity contribution >= 4 is 27.6 Å². The lowest BCUT2D eigenvalue weighted by Gasteiger charge is -2.26. The zero-order valence-corrected chi connectivity index (χ0v) is 11.9. The summed E-state index contributed by atoms with van der Waals surface area (Å²) in [6, 6.07) is 3.77. The monoisotopic (exact) mass is 307 g/mol. The van der Waals surface area contributed by atoms with Crippen LogP contribution < -0.4 is 0 Å². The van der Waals surface area contributed by atoms with Crippen molar-refractivity contribution in [2.45, 2.75) is 24.0 Å². The largest absolute Gasteiger partial charge is 0.480 e. The highest BCUT2D eigenvalue weighted by atomic mass is 35.5. The molecule has 0 saturated carbocycles. The second-order valence-corrected chi connectivity index (χ2v) is 6.43. The van der Waals surface area contributed by atoms with Crippen molar-refractivity contribution in [1.82, 2.24) is 4.31 Å². The van der Waals surface area contributed by atoms with Crippen LogP contribution in [0.1, 0.15) is 6.92 Å². The van der Waals surface area contributed by atoms with Gasteiger partial charge >= 0.3 is 5.97 Å². The Morgan fingerprint density at radius 1 is 1.32 bits per heavy atom. The van der Waals surface area contributed by atoms with E-state index in [-0.39, 0.29) is 4.90 Å². The molecular weight excluding hydrogens is 294 g/mol. The molecule has 2 atom stereocenters. The molecule has 2 N–H and O–H groups in total. The van der Waals surface area contributed by atoms with Crippen LogP contribution in [0.4, 0.5) is 0 Å². The maximum absolute atomic E-state index is 12.2. The van der Waals surface area contributed by atoms with Gasteiger partial charge in [0.25, 0.3) is 0 Å². The molecule has 8 heteroatoms. The van der Waals surface area contributed by atoms with E-state index in [4.69, 9.17) is 16.7 Å². The van der Waals surface area contributed by atoms with E-state index < -0.39 is 28.1 Å². The third kappa shape index (κ3) is 3.44. The van der Waals surface area contributed by atoms with Crippen molar-refractivity contribution < 1.29 is 23.4 Å². The standard InChI is InChI=1S/C11H14ClNO5S/c1-7(14)10(11(15)16)13(2)19(17,18)9-5-3-8(12)4-6-9/h3-7,10,14H,1-2H3,(H,15,16)/t7?,10-/m0/s1. The first-order valence-corrected chi connectivity index (χ1v) is 7.14. The molecule has 0 amide bonds. The first-order chi connectivity index (χ1) is 8.67. The minimum absolute atomic E-state index is 0.0914. The molecule has 1 aromatic rings. The molecule has 0 spiro atoms. The molecule has 6 nitrogen and oxygen atoms in total. The van der Waals surface area contributed by atoms with Gasteiger partial charge in [0.15, 0.2) is 0 Å². The number of hydrogen-bond acceptors (Lipinski definition) is 4. The Bertz CT molecular complexity index is 555. The predicted molar refractivity (Wildman–Crippen MR) is 69.5 cm³/mol. The van der Waals surface area contributed by atoms with E-state index in [1.165, 1.54) is 31.2 Å². The van der Waals surface area contributed by atoms with Crippen LogP contribution in [-0.2, 0) is 14.8 Å². The van der Waals surface area contributed by atoms with Gasteiger partial charge in [0, 0.05) is 12.1 Å². The molecule has 1 unspecified atom stereocenters. The normalized spacial score (nSPS) is 15.2. The second-order valence-electron chi connectivity index (χ2n) is 4.00. The summed E-state index contributed by atoms with van der Waals surface area (Å²) < 4.78 is 25.0. The Balaban J connectivity index is 3.19. The van der Waals surface area contributed by atoms with Crippen molar-refractivity contribution in [3.63, 3.8) is 0 Å². The SMILES string of the molecule is CC(O)[C@@H](C(=O)O)N(C)S(=O)(=O)c1ccc(Cl)cc1. The fourth-order valence-corrected chi connectivity index (χ4v) is 3.09. The van der Waals surface area contributed by atoms with Crippen LogP contribution in [0.15, 0.2) is 29.2 Å². The van der Waals surface area contributed by atoms with Crippen molar-refractivity contribution in [3.8, 4) is 0 Å². The molecule has 0 radical (unpaired) electrons. The summed E-state index contributed by atoms with van der Waals surface area (Å²) >= 11 is 5.66. The number of sulfonamides is 1. The second kappa shape index (κ2) is 5.87. The summed E-state index contributed by atoms with van der Waals surface area (Å²) in [6.45, 7) is 1.21.